The lowest BCUT2D eigenvalue weighted by atomic mass is 9.95. The minimum atomic E-state index is -0.195. The number of hydrogen-bond donors (Lipinski definition) is 1. The lowest BCUT2D eigenvalue weighted by Crippen LogP contribution is -2.42. The first kappa shape index (κ1) is 24.1. The third-order valence-electron chi connectivity index (χ3n) is 5.97. The van der Waals surface area contributed by atoms with Crippen molar-refractivity contribution >= 4 is 23.2 Å². The van der Waals surface area contributed by atoms with Crippen molar-refractivity contribution in [1.29, 1.82) is 0 Å². The average molecular weight is 440 g/mol. The molecule has 6 heteroatoms. The molecule has 1 atom stereocenters. The van der Waals surface area contributed by atoms with Crippen molar-refractivity contribution in [3.05, 3.63) is 47.7 Å². The summed E-state index contributed by atoms with van der Waals surface area (Å²) in [5.41, 5.74) is 4.41. The summed E-state index contributed by atoms with van der Waals surface area (Å²) in [4.78, 5) is 18.9. The van der Waals surface area contributed by atoms with E-state index in [0.717, 1.165) is 55.2 Å². The molecule has 3 rings (SSSR count). The standard InChI is InChI=1S/C26H37N3O3/c1-18(2)17-29(22-10-12-32-13-11-22)24-8-7-21(20(4)14-26(30)31-5)15-23(24)28-25-9-6-19(3)16-27-25/h6-9,15-16,18,20,22H,10-14,17H2,1-5H3,(H,27,28)/t20-/m1/s1. The fourth-order valence-corrected chi connectivity index (χ4v) is 4.18. The van der Waals surface area contributed by atoms with Gasteiger partial charge in [-0.25, -0.2) is 4.98 Å². The summed E-state index contributed by atoms with van der Waals surface area (Å²) in [6.45, 7) is 11.2. The molecule has 1 aliphatic heterocycles. The number of aryl methyl sites for hydroxylation is 1. The maximum Gasteiger partial charge on any atom is 0.306 e. The predicted molar refractivity (Wildman–Crippen MR) is 130 cm³/mol. The Bertz CT molecular complexity index is 876. The third-order valence-corrected chi connectivity index (χ3v) is 5.97. The van der Waals surface area contributed by atoms with Gasteiger partial charge in [0.15, 0.2) is 0 Å². The summed E-state index contributed by atoms with van der Waals surface area (Å²) in [7, 11) is 1.44. The minimum Gasteiger partial charge on any atom is -0.469 e. The van der Waals surface area contributed by atoms with Gasteiger partial charge >= 0.3 is 5.97 Å². The van der Waals surface area contributed by atoms with Gasteiger partial charge in [-0.15, -0.1) is 0 Å². The van der Waals surface area contributed by atoms with Crippen LogP contribution in [-0.2, 0) is 14.3 Å². The zero-order chi connectivity index (χ0) is 23.1. The fourth-order valence-electron chi connectivity index (χ4n) is 4.18. The lowest BCUT2D eigenvalue weighted by Gasteiger charge is -2.38. The van der Waals surface area contributed by atoms with Gasteiger partial charge in [0.1, 0.15) is 5.82 Å². The van der Waals surface area contributed by atoms with Crippen molar-refractivity contribution in [3.8, 4) is 0 Å². The SMILES string of the molecule is COC(=O)C[C@@H](C)c1ccc(N(CC(C)C)C2CCOCC2)c(Nc2ccc(C)cn2)c1. The summed E-state index contributed by atoms with van der Waals surface area (Å²) >= 11 is 0. The topological polar surface area (TPSA) is 63.7 Å². The monoisotopic (exact) mass is 439 g/mol. The van der Waals surface area contributed by atoms with Gasteiger partial charge in [-0.3, -0.25) is 4.79 Å². The molecule has 32 heavy (non-hydrogen) atoms. The van der Waals surface area contributed by atoms with E-state index in [-0.39, 0.29) is 11.9 Å². The number of esters is 1. The van der Waals surface area contributed by atoms with Gasteiger partial charge in [0.2, 0.25) is 0 Å². The smallest absolute Gasteiger partial charge is 0.306 e. The zero-order valence-corrected chi connectivity index (χ0v) is 20.1. The van der Waals surface area contributed by atoms with Gasteiger partial charge in [0.05, 0.1) is 24.9 Å². The van der Waals surface area contributed by atoms with Crippen molar-refractivity contribution in [2.45, 2.75) is 58.9 Å². The van der Waals surface area contributed by atoms with Crippen LogP contribution in [0.25, 0.3) is 0 Å². The van der Waals surface area contributed by atoms with Crippen molar-refractivity contribution in [2.75, 3.05) is 37.1 Å². The molecule has 0 radical (unpaired) electrons. The number of hydrogen-bond acceptors (Lipinski definition) is 6. The van der Waals surface area contributed by atoms with Gasteiger partial charge in [0.25, 0.3) is 0 Å². The van der Waals surface area contributed by atoms with Gasteiger partial charge in [-0.2, -0.15) is 0 Å². The Morgan fingerprint density at radius 3 is 2.59 bits per heavy atom. The van der Waals surface area contributed by atoms with E-state index in [1.807, 2.05) is 19.2 Å². The Balaban J connectivity index is 1.99. The average Bonchev–Trinajstić information content (AvgIpc) is 2.79. The number of methoxy groups -OCH3 is 1. The molecule has 6 nitrogen and oxygen atoms in total. The number of ether oxygens (including phenoxy) is 2. The molecule has 0 amide bonds. The molecule has 1 fully saturated rings. The summed E-state index contributed by atoms with van der Waals surface area (Å²) in [5.74, 6) is 1.21. The summed E-state index contributed by atoms with van der Waals surface area (Å²) in [6.07, 6.45) is 4.27. The Kier molecular flexibility index (Phi) is 8.51. The summed E-state index contributed by atoms with van der Waals surface area (Å²) in [6, 6.07) is 11.0. The second-order valence-corrected chi connectivity index (χ2v) is 9.19. The van der Waals surface area contributed by atoms with Gasteiger partial charge in [-0.05, 0) is 60.9 Å². The van der Waals surface area contributed by atoms with E-state index < -0.39 is 0 Å². The highest BCUT2D eigenvalue weighted by Gasteiger charge is 2.25. The molecule has 0 bridgehead atoms. The number of benzene rings is 1. The number of aromatic nitrogens is 1. The molecule has 1 aliphatic rings. The molecule has 0 unspecified atom stereocenters. The van der Waals surface area contributed by atoms with Crippen molar-refractivity contribution in [1.82, 2.24) is 4.98 Å². The highest BCUT2D eigenvalue weighted by Crippen LogP contribution is 2.36. The van der Waals surface area contributed by atoms with Crippen LogP contribution in [0.4, 0.5) is 17.2 Å². The van der Waals surface area contributed by atoms with Crippen LogP contribution in [-0.4, -0.2) is 43.9 Å². The summed E-state index contributed by atoms with van der Waals surface area (Å²) in [5, 5.41) is 3.55. The first-order valence-electron chi connectivity index (χ1n) is 11.6. The highest BCUT2D eigenvalue weighted by atomic mass is 16.5. The first-order valence-corrected chi connectivity index (χ1v) is 11.6. The van der Waals surface area contributed by atoms with Crippen molar-refractivity contribution in [2.24, 2.45) is 5.92 Å². The number of anilines is 3. The Morgan fingerprint density at radius 2 is 1.97 bits per heavy atom. The summed E-state index contributed by atoms with van der Waals surface area (Å²) < 4.78 is 10.5. The second-order valence-electron chi connectivity index (χ2n) is 9.19. The molecule has 2 aromatic rings. The molecule has 0 aliphatic carbocycles. The van der Waals surface area contributed by atoms with Crippen molar-refractivity contribution in [3.63, 3.8) is 0 Å². The van der Waals surface area contributed by atoms with E-state index in [1.54, 1.807) is 0 Å². The molecular formula is C26H37N3O3. The van der Waals surface area contributed by atoms with Crippen LogP contribution in [0, 0.1) is 12.8 Å². The number of carbonyl (C=O) groups is 1. The fraction of sp³-hybridized carbons (Fsp3) is 0.538. The first-order chi connectivity index (χ1) is 15.4. The number of nitrogens with zero attached hydrogens (tertiary/aromatic N) is 2. The Hall–Kier alpha value is -2.60. The van der Waals surface area contributed by atoms with Crippen LogP contribution in [0.15, 0.2) is 36.5 Å². The number of rotatable bonds is 9. The maximum absolute atomic E-state index is 11.8. The van der Waals surface area contributed by atoms with Crippen LogP contribution in [0.5, 0.6) is 0 Å². The normalized spacial score (nSPS) is 15.4. The molecule has 0 saturated carbocycles. The van der Waals surface area contributed by atoms with Crippen LogP contribution in [0.2, 0.25) is 0 Å². The number of nitrogens with one attached hydrogen (secondary N) is 1. The number of carbonyl (C=O) groups excluding carboxylic acids is 1. The van der Waals surface area contributed by atoms with E-state index in [4.69, 9.17) is 9.47 Å². The lowest BCUT2D eigenvalue weighted by molar-refractivity contribution is -0.140. The molecule has 1 N–H and O–H groups in total. The molecule has 1 aromatic carbocycles. The zero-order valence-electron chi connectivity index (χ0n) is 20.1. The van der Waals surface area contributed by atoms with Crippen molar-refractivity contribution < 1.29 is 14.3 Å². The van der Waals surface area contributed by atoms with E-state index in [0.29, 0.717) is 18.4 Å². The molecule has 1 aromatic heterocycles. The maximum atomic E-state index is 11.8. The highest BCUT2D eigenvalue weighted by molar-refractivity contribution is 5.76. The minimum absolute atomic E-state index is 0.0599. The van der Waals surface area contributed by atoms with Gasteiger partial charge in [0, 0.05) is 32.0 Å². The van der Waals surface area contributed by atoms with E-state index in [1.165, 1.54) is 12.8 Å². The predicted octanol–water partition coefficient (Wildman–Crippen LogP) is 5.44. The van der Waals surface area contributed by atoms with Crippen LogP contribution < -0.4 is 10.2 Å². The second kappa shape index (κ2) is 11.3. The molecule has 174 valence electrons. The quantitative estimate of drug-likeness (QED) is 0.525. The van der Waals surface area contributed by atoms with Gasteiger partial charge < -0.3 is 19.7 Å². The Labute approximate surface area is 192 Å². The molecule has 2 heterocycles. The van der Waals surface area contributed by atoms with Crippen LogP contribution in [0.3, 0.4) is 0 Å². The largest absolute Gasteiger partial charge is 0.469 e. The Morgan fingerprint density at radius 1 is 1.22 bits per heavy atom. The third kappa shape index (κ3) is 6.45. The molecular weight excluding hydrogens is 402 g/mol. The van der Waals surface area contributed by atoms with Crippen LogP contribution in [0.1, 0.15) is 57.1 Å². The van der Waals surface area contributed by atoms with Gasteiger partial charge in [-0.1, -0.05) is 32.9 Å². The van der Waals surface area contributed by atoms with E-state index in [9.17, 15) is 4.79 Å². The number of pyridine rings is 1. The molecule has 0 spiro atoms. The van der Waals surface area contributed by atoms with E-state index >= 15 is 0 Å². The van der Waals surface area contributed by atoms with E-state index in [2.05, 4.69) is 60.2 Å². The molecule has 1 saturated heterocycles. The van der Waals surface area contributed by atoms with Crippen LogP contribution >= 0.6 is 0 Å².